The minimum atomic E-state index is -0.467. The summed E-state index contributed by atoms with van der Waals surface area (Å²) in [6.07, 6.45) is 0.632. The van der Waals surface area contributed by atoms with Crippen LogP contribution in [0, 0.1) is 0 Å². The fourth-order valence-electron chi connectivity index (χ4n) is 2.07. The van der Waals surface area contributed by atoms with Crippen LogP contribution in [0.2, 0.25) is 5.02 Å². The summed E-state index contributed by atoms with van der Waals surface area (Å²) in [4.78, 5) is 23.5. The van der Waals surface area contributed by atoms with Crippen LogP contribution < -0.4 is 14.8 Å². The van der Waals surface area contributed by atoms with Crippen molar-refractivity contribution >= 4 is 45.1 Å². The number of benzene rings is 2. The zero-order valence-corrected chi connectivity index (χ0v) is 17.0. The lowest BCUT2D eigenvalue weighted by molar-refractivity contribution is -0.147. The van der Waals surface area contributed by atoms with E-state index in [0.29, 0.717) is 29.5 Å². The van der Waals surface area contributed by atoms with Gasteiger partial charge in [-0.2, -0.15) is 0 Å². The number of halogens is 2. The molecule has 0 fully saturated rings. The molecule has 0 saturated carbocycles. The number of amides is 1. The first kappa shape index (κ1) is 21.1. The molecular weight excluding hydrogens is 438 g/mol. The molecule has 0 aromatic heterocycles. The van der Waals surface area contributed by atoms with E-state index < -0.39 is 11.9 Å². The molecule has 0 bridgehead atoms. The molecule has 0 heterocycles. The van der Waals surface area contributed by atoms with Crippen molar-refractivity contribution in [2.24, 2.45) is 0 Å². The van der Waals surface area contributed by atoms with Crippen molar-refractivity contribution in [2.45, 2.75) is 12.8 Å². The average molecular weight is 457 g/mol. The quantitative estimate of drug-likeness (QED) is 0.446. The predicted molar refractivity (Wildman–Crippen MR) is 106 cm³/mol. The van der Waals surface area contributed by atoms with E-state index >= 15 is 0 Å². The van der Waals surface area contributed by atoms with E-state index in [1.165, 1.54) is 0 Å². The van der Waals surface area contributed by atoms with Gasteiger partial charge in [0.25, 0.3) is 5.91 Å². The molecule has 1 amide bonds. The second kappa shape index (κ2) is 10.8. The molecule has 144 valence electrons. The molecule has 0 atom stereocenters. The molecule has 6 nitrogen and oxygen atoms in total. The van der Waals surface area contributed by atoms with Crippen LogP contribution in [0.25, 0.3) is 0 Å². The molecule has 0 saturated heterocycles. The third-order valence-electron chi connectivity index (χ3n) is 3.42. The lowest BCUT2D eigenvalue weighted by Gasteiger charge is -2.09. The van der Waals surface area contributed by atoms with Gasteiger partial charge in [0.05, 0.1) is 24.4 Å². The van der Waals surface area contributed by atoms with Crippen LogP contribution in [0.1, 0.15) is 12.8 Å². The molecule has 8 heteroatoms. The summed E-state index contributed by atoms with van der Waals surface area (Å²) < 4.78 is 16.3. The van der Waals surface area contributed by atoms with Crippen molar-refractivity contribution in [3.05, 3.63) is 52.0 Å². The van der Waals surface area contributed by atoms with Crippen LogP contribution in [0.4, 0.5) is 5.69 Å². The fourth-order valence-corrected chi connectivity index (χ4v) is 2.79. The zero-order chi connectivity index (χ0) is 19.6. The number of esters is 1. The average Bonchev–Trinajstić information content (AvgIpc) is 2.66. The monoisotopic (exact) mass is 455 g/mol. The summed E-state index contributed by atoms with van der Waals surface area (Å²) in [7, 11) is 1.59. The summed E-state index contributed by atoms with van der Waals surface area (Å²) in [6, 6.07) is 12.2. The molecule has 0 unspecified atom stereocenters. The molecule has 0 spiro atoms. The molecule has 1 N–H and O–H groups in total. The lowest BCUT2D eigenvalue weighted by Crippen LogP contribution is -2.21. The van der Waals surface area contributed by atoms with Gasteiger partial charge in [0, 0.05) is 10.9 Å². The Balaban J connectivity index is 1.63. The lowest BCUT2D eigenvalue weighted by atomic mass is 10.3. The van der Waals surface area contributed by atoms with Crippen molar-refractivity contribution in [1.82, 2.24) is 0 Å². The highest BCUT2D eigenvalue weighted by Crippen LogP contribution is 2.25. The van der Waals surface area contributed by atoms with Gasteiger partial charge in [-0.05, 0) is 48.9 Å². The van der Waals surface area contributed by atoms with Crippen molar-refractivity contribution in [2.75, 3.05) is 25.6 Å². The molecule has 2 aromatic carbocycles. The number of ether oxygens (including phenoxy) is 3. The Morgan fingerprint density at radius 1 is 1.11 bits per heavy atom. The summed E-state index contributed by atoms with van der Waals surface area (Å²) in [5.41, 5.74) is 0.453. The van der Waals surface area contributed by atoms with Gasteiger partial charge in [-0.1, -0.05) is 27.5 Å². The summed E-state index contributed by atoms with van der Waals surface area (Å²) in [5, 5.41) is 2.98. The Morgan fingerprint density at radius 2 is 1.81 bits per heavy atom. The van der Waals surface area contributed by atoms with Gasteiger partial charge < -0.3 is 19.5 Å². The standard InChI is InChI=1S/C19H19BrClNO5/c1-25-14-5-7-15(8-6-14)26-10-2-3-19(24)27-12-18(23)22-17-9-4-13(20)11-16(17)21/h4-9,11H,2-3,10,12H2,1H3,(H,22,23). The van der Waals surface area contributed by atoms with Crippen LogP contribution in [-0.2, 0) is 14.3 Å². The highest BCUT2D eigenvalue weighted by molar-refractivity contribution is 9.10. The highest BCUT2D eigenvalue weighted by Gasteiger charge is 2.10. The number of carbonyl (C=O) groups excluding carboxylic acids is 2. The van der Waals surface area contributed by atoms with Crippen LogP contribution >= 0.6 is 27.5 Å². The number of rotatable bonds is 9. The fraction of sp³-hybridized carbons (Fsp3) is 0.263. The minimum Gasteiger partial charge on any atom is -0.497 e. The third kappa shape index (κ3) is 7.48. The first-order valence-electron chi connectivity index (χ1n) is 8.15. The molecular formula is C19H19BrClNO5. The van der Waals surface area contributed by atoms with E-state index in [1.807, 2.05) is 0 Å². The number of methoxy groups -OCH3 is 1. The van der Waals surface area contributed by atoms with E-state index in [9.17, 15) is 9.59 Å². The Hall–Kier alpha value is -2.25. The number of carbonyl (C=O) groups is 2. The first-order valence-corrected chi connectivity index (χ1v) is 9.32. The maximum absolute atomic E-state index is 11.8. The van der Waals surface area contributed by atoms with E-state index in [4.69, 9.17) is 25.8 Å². The Bertz CT molecular complexity index is 782. The van der Waals surface area contributed by atoms with Gasteiger partial charge >= 0.3 is 5.97 Å². The smallest absolute Gasteiger partial charge is 0.306 e. The third-order valence-corrected chi connectivity index (χ3v) is 4.23. The predicted octanol–water partition coefficient (Wildman–Crippen LogP) is 4.45. The Kier molecular flexibility index (Phi) is 8.42. The zero-order valence-electron chi connectivity index (χ0n) is 14.7. The van der Waals surface area contributed by atoms with Crippen LogP contribution in [0.15, 0.2) is 46.9 Å². The Labute approximate surface area is 170 Å². The second-order valence-electron chi connectivity index (χ2n) is 5.46. The van der Waals surface area contributed by atoms with Gasteiger partial charge in [0.1, 0.15) is 11.5 Å². The van der Waals surface area contributed by atoms with Gasteiger partial charge in [0.2, 0.25) is 0 Å². The second-order valence-corrected chi connectivity index (χ2v) is 6.78. The first-order chi connectivity index (χ1) is 13.0. The molecule has 0 aliphatic rings. The van der Waals surface area contributed by atoms with E-state index in [1.54, 1.807) is 49.6 Å². The molecule has 2 rings (SSSR count). The van der Waals surface area contributed by atoms with Gasteiger partial charge in [-0.3, -0.25) is 9.59 Å². The minimum absolute atomic E-state index is 0.155. The van der Waals surface area contributed by atoms with Crippen molar-refractivity contribution in [3.8, 4) is 11.5 Å². The van der Waals surface area contributed by atoms with Gasteiger partial charge in [0.15, 0.2) is 6.61 Å². The van der Waals surface area contributed by atoms with E-state index in [2.05, 4.69) is 21.2 Å². The van der Waals surface area contributed by atoms with Crippen molar-refractivity contribution in [1.29, 1.82) is 0 Å². The topological polar surface area (TPSA) is 73.9 Å². The molecule has 0 aliphatic heterocycles. The largest absolute Gasteiger partial charge is 0.497 e. The highest BCUT2D eigenvalue weighted by atomic mass is 79.9. The number of hydrogen-bond acceptors (Lipinski definition) is 5. The van der Waals surface area contributed by atoms with Crippen molar-refractivity contribution in [3.63, 3.8) is 0 Å². The maximum Gasteiger partial charge on any atom is 0.306 e. The number of nitrogens with one attached hydrogen (secondary N) is 1. The number of hydrogen-bond donors (Lipinski definition) is 1. The molecule has 0 aliphatic carbocycles. The van der Waals surface area contributed by atoms with Gasteiger partial charge in [-0.15, -0.1) is 0 Å². The summed E-state index contributed by atoms with van der Waals surface area (Å²) in [6.45, 7) is -0.00725. The van der Waals surface area contributed by atoms with E-state index in [-0.39, 0.29) is 13.0 Å². The molecule has 2 aromatic rings. The van der Waals surface area contributed by atoms with Gasteiger partial charge in [-0.25, -0.2) is 0 Å². The van der Waals surface area contributed by atoms with Crippen LogP contribution in [0.5, 0.6) is 11.5 Å². The van der Waals surface area contributed by atoms with E-state index in [0.717, 1.165) is 10.2 Å². The number of anilines is 1. The summed E-state index contributed by atoms with van der Waals surface area (Å²) >= 11 is 9.30. The SMILES string of the molecule is COc1ccc(OCCCC(=O)OCC(=O)Nc2ccc(Br)cc2Cl)cc1. The maximum atomic E-state index is 11.8. The Morgan fingerprint density at radius 3 is 2.48 bits per heavy atom. The summed E-state index contributed by atoms with van der Waals surface area (Å²) in [5.74, 6) is 0.510. The molecule has 0 radical (unpaired) electrons. The van der Waals surface area contributed by atoms with Crippen LogP contribution in [0.3, 0.4) is 0 Å². The van der Waals surface area contributed by atoms with Crippen molar-refractivity contribution < 1.29 is 23.8 Å². The van der Waals surface area contributed by atoms with Crippen LogP contribution in [-0.4, -0.2) is 32.2 Å². The normalized spacial score (nSPS) is 10.2. The molecule has 27 heavy (non-hydrogen) atoms.